The first-order valence-electron chi connectivity index (χ1n) is 9.37. The third kappa shape index (κ3) is 4.53. The first kappa shape index (κ1) is 17.3. The summed E-state index contributed by atoms with van der Waals surface area (Å²) >= 11 is 0. The van der Waals surface area contributed by atoms with E-state index in [4.69, 9.17) is 0 Å². The molecule has 2 aromatic heterocycles. The third-order valence-corrected chi connectivity index (χ3v) is 4.65. The van der Waals surface area contributed by atoms with Gasteiger partial charge in [-0.1, -0.05) is 6.07 Å². The maximum absolute atomic E-state index is 4.58. The molecule has 0 unspecified atom stereocenters. The van der Waals surface area contributed by atoms with Gasteiger partial charge >= 0.3 is 0 Å². The Balaban J connectivity index is 1.43. The Labute approximate surface area is 159 Å². The summed E-state index contributed by atoms with van der Waals surface area (Å²) in [5.41, 5.74) is 4.29. The van der Waals surface area contributed by atoms with Crippen LogP contribution in [0.2, 0.25) is 0 Å². The van der Waals surface area contributed by atoms with Crippen LogP contribution in [0.3, 0.4) is 0 Å². The summed E-state index contributed by atoms with van der Waals surface area (Å²) < 4.78 is 0. The highest BCUT2D eigenvalue weighted by Gasteiger charge is 2.12. The van der Waals surface area contributed by atoms with Gasteiger partial charge in [-0.15, -0.1) is 0 Å². The van der Waals surface area contributed by atoms with E-state index >= 15 is 0 Å². The highest BCUT2D eigenvalue weighted by Crippen LogP contribution is 2.23. The molecule has 6 heteroatoms. The van der Waals surface area contributed by atoms with Crippen molar-refractivity contribution >= 4 is 23.1 Å². The van der Waals surface area contributed by atoms with Crippen molar-refractivity contribution < 1.29 is 0 Å². The number of pyridine rings is 1. The van der Waals surface area contributed by atoms with Crippen LogP contribution >= 0.6 is 0 Å². The van der Waals surface area contributed by atoms with Crippen LogP contribution in [0, 0.1) is 6.92 Å². The van der Waals surface area contributed by atoms with Crippen molar-refractivity contribution in [2.75, 3.05) is 28.6 Å². The second-order valence-corrected chi connectivity index (χ2v) is 6.80. The second kappa shape index (κ2) is 8.03. The molecule has 0 bridgehead atoms. The van der Waals surface area contributed by atoms with Gasteiger partial charge in [0.15, 0.2) is 0 Å². The molecule has 0 saturated carbocycles. The van der Waals surface area contributed by atoms with Crippen molar-refractivity contribution in [1.29, 1.82) is 0 Å². The van der Waals surface area contributed by atoms with Crippen LogP contribution in [0.25, 0.3) is 0 Å². The zero-order valence-electron chi connectivity index (χ0n) is 15.5. The molecule has 3 aromatic rings. The molecule has 1 fully saturated rings. The number of hydrogen-bond acceptors (Lipinski definition) is 6. The van der Waals surface area contributed by atoms with Crippen LogP contribution < -0.4 is 15.5 Å². The maximum Gasteiger partial charge on any atom is 0.229 e. The lowest BCUT2D eigenvalue weighted by atomic mass is 10.2. The highest BCUT2D eigenvalue weighted by molar-refractivity contribution is 5.60. The van der Waals surface area contributed by atoms with Crippen LogP contribution in [-0.2, 0) is 6.54 Å². The molecule has 1 aromatic carbocycles. The van der Waals surface area contributed by atoms with Gasteiger partial charge in [-0.25, -0.2) is 4.98 Å². The van der Waals surface area contributed by atoms with Crippen molar-refractivity contribution in [1.82, 2.24) is 15.0 Å². The fraction of sp³-hybridized carbons (Fsp3) is 0.286. The number of rotatable bonds is 6. The number of nitrogens with zero attached hydrogens (tertiary/aromatic N) is 4. The van der Waals surface area contributed by atoms with Crippen LogP contribution in [0.15, 0.2) is 54.9 Å². The normalized spacial score (nSPS) is 13.6. The molecule has 138 valence electrons. The van der Waals surface area contributed by atoms with Gasteiger partial charge in [0.25, 0.3) is 0 Å². The molecule has 1 aliphatic heterocycles. The topological polar surface area (TPSA) is 66.0 Å². The van der Waals surface area contributed by atoms with Gasteiger partial charge in [0, 0.05) is 55.2 Å². The highest BCUT2D eigenvalue weighted by atomic mass is 15.2. The quantitative estimate of drug-likeness (QED) is 0.689. The first-order valence-corrected chi connectivity index (χ1v) is 9.37. The lowest BCUT2D eigenvalue weighted by molar-refractivity contribution is 0.949. The second-order valence-electron chi connectivity index (χ2n) is 6.80. The SMILES string of the molecule is Cc1cc(NCc2cccnc2)nc(Nc2ccc(N3CCCC3)cc2)n1. The van der Waals surface area contributed by atoms with Crippen LogP contribution in [-0.4, -0.2) is 28.0 Å². The monoisotopic (exact) mass is 360 g/mol. The lowest BCUT2D eigenvalue weighted by Gasteiger charge is -2.18. The molecule has 0 amide bonds. The molecule has 4 rings (SSSR count). The Bertz CT molecular complexity index is 873. The van der Waals surface area contributed by atoms with E-state index in [1.807, 2.05) is 31.3 Å². The van der Waals surface area contributed by atoms with Gasteiger partial charge in [-0.3, -0.25) is 4.98 Å². The molecule has 3 heterocycles. The molecule has 0 spiro atoms. The Morgan fingerprint density at radius 2 is 1.85 bits per heavy atom. The van der Waals surface area contributed by atoms with Gasteiger partial charge < -0.3 is 15.5 Å². The minimum atomic E-state index is 0.595. The molecule has 0 aliphatic carbocycles. The zero-order chi connectivity index (χ0) is 18.5. The average molecular weight is 360 g/mol. The van der Waals surface area contributed by atoms with Crippen molar-refractivity contribution in [3.05, 3.63) is 66.1 Å². The number of hydrogen-bond donors (Lipinski definition) is 2. The lowest BCUT2D eigenvalue weighted by Crippen LogP contribution is -2.17. The van der Waals surface area contributed by atoms with E-state index in [1.54, 1.807) is 6.20 Å². The minimum Gasteiger partial charge on any atom is -0.372 e. The van der Waals surface area contributed by atoms with E-state index in [0.717, 1.165) is 35.9 Å². The molecule has 1 aliphatic rings. The molecule has 6 nitrogen and oxygen atoms in total. The van der Waals surface area contributed by atoms with Crippen molar-refractivity contribution in [2.45, 2.75) is 26.3 Å². The van der Waals surface area contributed by atoms with Crippen LogP contribution in [0.5, 0.6) is 0 Å². The van der Waals surface area contributed by atoms with E-state index in [9.17, 15) is 0 Å². The fourth-order valence-corrected chi connectivity index (χ4v) is 3.27. The Hall–Kier alpha value is -3.15. The molecule has 1 saturated heterocycles. The molecular weight excluding hydrogens is 336 g/mol. The van der Waals surface area contributed by atoms with E-state index in [-0.39, 0.29) is 0 Å². The number of anilines is 4. The van der Waals surface area contributed by atoms with E-state index < -0.39 is 0 Å². The Morgan fingerprint density at radius 3 is 2.59 bits per heavy atom. The summed E-state index contributed by atoms with van der Waals surface area (Å²) in [6.45, 7) is 4.95. The van der Waals surface area contributed by atoms with E-state index in [1.165, 1.54) is 18.5 Å². The predicted molar refractivity (Wildman–Crippen MR) is 110 cm³/mol. The van der Waals surface area contributed by atoms with Crippen molar-refractivity contribution in [2.24, 2.45) is 0 Å². The fourth-order valence-electron chi connectivity index (χ4n) is 3.27. The molecule has 0 atom stereocenters. The van der Waals surface area contributed by atoms with E-state index in [2.05, 4.69) is 54.8 Å². The molecular formula is C21H24N6. The van der Waals surface area contributed by atoms with Crippen LogP contribution in [0.4, 0.5) is 23.1 Å². The smallest absolute Gasteiger partial charge is 0.229 e. The molecule has 2 N–H and O–H groups in total. The van der Waals surface area contributed by atoms with Gasteiger partial charge in [0.05, 0.1) is 0 Å². The number of benzene rings is 1. The summed E-state index contributed by atoms with van der Waals surface area (Å²) in [7, 11) is 0. The predicted octanol–water partition coefficient (Wildman–Crippen LogP) is 4.14. The minimum absolute atomic E-state index is 0.595. The third-order valence-electron chi connectivity index (χ3n) is 4.65. The molecule has 27 heavy (non-hydrogen) atoms. The van der Waals surface area contributed by atoms with Crippen molar-refractivity contribution in [3.8, 4) is 0 Å². The Morgan fingerprint density at radius 1 is 1.04 bits per heavy atom. The first-order chi connectivity index (χ1) is 13.3. The largest absolute Gasteiger partial charge is 0.372 e. The number of aromatic nitrogens is 3. The van der Waals surface area contributed by atoms with Gasteiger partial charge in [-0.2, -0.15) is 4.98 Å². The van der Waals surface area contributed by atoms with Gasteiger partial charge in [0.1, 0.15) is 5.82 Å². The summed E-state index contributed by atoms with van der Waals surface area (Å²) in [6, 6.07) is 14.4. The zero-order valence-corrected chi connectivity index (χ0v) is 15.5. The summed E-state index contributed by atoms with van der Waals surface area (Å²) in [5.74, 6) is 1.39. The van der Waals surface area contributed by atoms with Gasteiger partial charge in [-0.05, 0) is 55.7 Å². The number of nitrogens with one attached hydrogen (secondary N) is 2. The Kier molecular flexibility index (Phi) is 5.14. The average Bonchev–Trinajstić information content (AvgIpc) is 3.22. The standard InChI is InChI=1S/C21H24N6/c1-16-13-20(23-15-17-5-4-10-22-14-17)26-21(24-16)25-18-6-8-19(9-7-18)27-11-2-3-12-27/h4-10,13-14H,2-3,11-12,15H2,1H3,(H2,23,24,25,26). The summed E-state index contributed by atoms with van der Waals surface area (Å²) in [4.78, 5) is 15.6. The summed E-state index contributed by atoms with van der Waals surface area (Å²) in [5, 5.41) is 6.64. The van der Waals surface area contributed by atoms with Crippen molar-refractivity contribution in [3.63, 3.8) is 0 Å². The number of aryl methyl sites for hydroxylation is 1. The maximum atomic E-state index is 4.58. The molecule has 0 radical (unpaired) electrons. The van der Waals surface area contributed by atoms with Crippen LogP contribution in [0.1, 0.15) is 24.1 Å². The summed E-state index contributed by atoms with van der Waals surface area (Å²) in [6.07, 6.45) is 6.19. The van der Waals surface area contributed by atoms with E-state index in [0.29, 0.717) is 12.5 Å². The van der Waals surface area contributed by atoms with Gasteiger partial charge in [0.2, 0.25) is 5.95 Å².